The fourth-order valence-electron chi connectivity index (χ4n) is 1.79. The Hall–Kier alpha value is -1.20. The fraction of sp³-hybridized carbons (Fsp3) is 0.417. The lowest BCUT2D eigenvalue weighted by Crippen LogP contribution is -2.66. The summed E-state index contributed by atoms with van der Waals surface area (Å²) in [5.74, 6) is -0.0480. The summed E-state index contributed by atoms with van der Waals surface area (Å²) in [7, 11) is -3.55. The molecule has 1 fully saturated rings. The normalized spacial score (nSPS) is 20.1. The first-order valence-electron chi connectivity index (χ1n) is 5.39. The number of aryl methyl sites for hydroxylation is 1. The Morgan fingerprint density at radius 2 is 1.71 bits per heavy atom. The minimum absolute atomic E-state index is 0.0246. The fourth-order valence-corrected chi connectivity index (χ4v) is 3.52. The third-order valence-electron chi connectivity index (χ3n) is 3.20. The molecule has 0 amide bonds. The van der Waals surface area contributed by atoms with Crippen LogP contribution in [0.25, 0.3) is 0 Å². The standard InChI is InChI=1S/C12H15NO3S/c1-9-4-6-10(7-5-9)17(15,16)13-8-11(14)12(13,2)3/h4-7H,8H2,1-3H3. The Labute approximate surface area is 101 Å². The Balaban J connectivity index is 2.39. The number of carbonyl (C=O) groups is 1. The highest BCUT2D eigenvalue weighted by molar-refractivity contribution is 7.89. The zero-order valence-corrected chi connectivity index (χ0v) is 10.9. The molecule has 1 aromatic carbocycles. The van der Waals surface area contributed by atoms with E-state index in [1.165, 1.54) is 4.31 Å². The van der Waals surface area contributed by atoms with E-state index in [-0.39, 0.29) is 17.2 Å². The molecule has 0 aliphatic carbocycles. The van der Waals surface area contributed by atoms with Gasteiger partial charge in [-0.3, -0.25) is 4.79 Å². The van der Waals surface area contributed by atoms with Gasteiger partial charge in [0.1, 0.15) is 0 Å². The average Bonchev–Trinajstić information content (AvgIpc) is 2.26. The maximum absolute atomic E-state index is 12.3. The maximum atomic E-state index is 12.3. The Kier molecular flexibility index (Phi) is 2.63. The molecular formula is C12H15NO3S. The third kappa shape index (κ3) is 1.79. The van der Waals surface area contributed by atoms with Gasteiger partial charge in [-0.25, -0.2) is 8.42 Å². The Bertz CT molecular complexity index is 558. The van der Waals surface area contributed by atoms with Gasteiger partial charge in [-0.2, -0.15) is 4.31 Å². The van der Waals surface area contributed by atoms with Gasteiger partial charge in [0.25, 0.3) is 0 Å². The van der Waals surface area contributed by atoms with Crippen molar-refractivity contribution < 1.29 is 13.2 Å². The SMILES string of the molecule is Cc1ccc(S(=O)(=O)N2CC(=O)C2(C)C)cc1. The first-order chi connectivity index (χ1) is 7.76. The van der Waals surface area contributed by atoms with E-state index in [2.05, 4.69) is 0 Å². The van der Waals surface area contributed by atoms with Gasteiger partial charge in [0.15, 0.2) is 5.78 Å². The van der Waals surface area contributed by atoms with Crippen molar-refractivity contribution in [3.05, 3.63) is 29.8 Å². The maximum Gasteiger partial charge on any atom is 0.244 e. The molecule has 1 saturated heterocycles. The predicted molar refractivity (Wildman–Crippen MR) is 64.2 cm³/mol. The highest BCUT2D eigenvalue weighted by Gasteiger charge is 2.51. The molecule has 0 spiro atoms. The van der Waals surface area contributed by atoms with Crippen molar-refractivity contribution in [2.45, 2.75) is 31.2 Å². The summed E-state index contributed by atoms with van der Waals surface area (Å²) in [6.07, 6.45) is 0. The van der Waals surface area contributed by atoms with E-state index < -0.39 is 15.6 Å². The molecule has 0 atom stereocenters. The average molecular weight is 253 g/mol. The first-order valence-corrected chi connectivity index (χ1v) is 6.83. The lowest BCUT2D eigenvalue weighted by molar-refractivity contribution is -0.137. The van der Waals surface area contributed by atoms with Crippen LogP contribution >= 0.6 is 0 Å². The lowest BCUT2D eigenvalue weighted by Gasteiger charge is -2.44. The number of rotatable bonds is 2. The van der Waals surface area contributed by atoms with Gasteiger partial charge in [-0.05, 0) is 32.9 Å². The van der Waals surface area contributed by atoms with E-state index in [1.54, 1.807) is 38.1 Å². The monoisotopic (exact) mass is 253 g/mol. The molecule has 0 saturated carbocycles. The molecule has 5 heteroatoms. The molecule has 1 heterocycles. The molecule has 1 aliphatic heterocycles. The molecule has 2 rings (SSSR count). The van der Waals surface area contributed by atoms with E-state index in [0.717, 1.165) is 5.56 Å². The van der Waals surface area contributed by atoms with Gasteiger partial charge < -0.3 is 0 Å². The molecule has 0 bridgehead atoms. The second kappa shape index (κ2) is 3.65. The predicted octanol–water partition coefficient (Wildman–Crippen LogP) is 1.35. The first kappa shape index (κ1) is 12.3. The van der Waals surface area contributed by atoms with Crippen molar-refractivity contribution in [2.75, 3.05) is 6.54 Å². The Morgan fingerprint density at radius 1 is 1.18 bits per heavy atom. The number of nitrogens with zero attached hydrogens (tertiary/aromatic N) is 1. The molecule has 1 aromatic rings. The number of benzene rings is 1. The topological polar surface area (TPSA) is 54.5 Å². The molecular weight excluding hydrogens is 238 g/mol. The second-order valence-electron chi connectivity index (χ2n) is 4.81. The van der Waals surface area contributed by atoms with E-state index in [0.29, 0.717) is 0 Å². The highest BCUT2D eigenvalue weighted by Crippen LogP contribution is 2.32. The Morgan fingerprint density at radius 3 is 2.12 bits per heavy atom. The van der Waals surface area contributed by atoms with Crippen LogP contribution in [0.15, 0.2) is 29.2 Å². The lowest BCUT2D eigenvalue weighted by atomic mass is 9.91. The van der Waals surface area contributed by atoms with Crippen molar-refractivity contribution in [1.82, 2.24) is 4.31 Å². The van der Waals surface area contributed by atoms with Crippen LogP contribution < -0.4 is 0 Å². The minimum Gasteiger partial charge on any atom is -0.296 e. The summed E-state index contributed by atoms with van der Waals surface area (Å²) >= 11 is 0. The van der Waals surface area contributed by atoms with E-state index >= 15 is 0 Å². The number of Topliss-reactive ketones (excluding diaryl/α,β-unsaturated/α-hetero) is 1. The summed E-state index contributed by atoms with van der Waals surface area (Å²) in [6.45, 7) is 5.13. The molecule has 92 valence electrons. The molecule has 0 radical (unpaired) electrons. The molecule has 17 heavy (non-hydrogen) atoms. The number of ketones is 1. The van der Waals surface area contributed by atoms with Crippen LogP contribution in [0.5, 0.6) is 0 Å². The van der Waals surface area contributed by atoms with Crippen LogP contribution in [0.4, 0.5) is 0 Å². The zero-order valence-electron chi connectivity index (χ0n) is 10.1. The minimum atomic E-state index is -3.55. The van der Waals surface area contributed by atoms with Crippen molar-refractivity contribution in [1.29, 1.82) is 0 Å². The van der Waals surface area contributed by atoms with Gasteiger partial charge in [-0.15, -0.1) is 0 Å². The van der Waals surface area contributed by atoms with Crippen LogP contribution in [-0.4, -0.2) is 30.6 Å². The van der Waals surface area contributed by atoms with Crippen LogP contribution in [0, 0.1) is 6.92 Å². The molecule has 4 nitrogen and oxygen atoms in total. The van der Waals surface area contributed by atoms with Crippen molar-refractivity contribution in [3.63, 3.8) is 0 Å². The van der Waals surface area contributed by atoms with Gasteiger partial charge in [0.05, 0.1) is 17.0 Å². The molecule has 0 N–H and O–H groups in total. The van der Waals surface area contributed by atoms with Gasteiger partial charge >= 0.3 is 0 Å². The number of hydrogen-bond donors (Lipinski definition) is 0. The molecule has 0 unspecified atom stereocenters. The summed E-state index contributed by atoms with van der Waals surface area (Å²) < 4.78 is 25.8. The summed E-state index contributed by atoms with van der Waals surface area (Å²) in [6, 6.07) is 6.65. The molecule has 1 aliphatic rings. The van der Waals surface area contributed by atoms with Crippen molar-refractivity contribution in [2.24, 2.45) is 0 Å². The van der Waals surface area contributed by atoms with Gasteiger partial charge in [-0.1, -0.05) is 17.7 Å². The summed E-state index contributed by atoms with van der Waals surface area (Å²) in [5, 5.41) is 0. The smallest absolute Gasteiger partial charge is 0.244 e. The summed E-state index contributed by atoms with van der Waals surface area (Å²) in [4.78, 5) is 11.6. The van der Waals surface area contributed by atoms with Crippen LogP contribution in [-0.2, 0) is 14.8 Å². The number of sulfonamides is 1. The largest absolute Gasteiger partial charge is 0.296 e. The zero-order chi connectivity index (χ0) is 12.8. The number of hydrogen-bond acceptors (Lipinski definition) is 3. The van der Waals surface area contributed by atoms with Crippen LogP contribution in [0.2, 0.25) is 0 Å². The highest BCUT2D eigenvalue weighted by atomic mass is 32.2. The molecule has 0 aromatic heterocycles. The van der Waals surface area contributed by atoms with Crippen LogP contribution in [0.3, 0.4) is 0 Å². The van der Waals surface area contributed by atoms with Gasteiger partial charge in [0, 0.05) is 0 Å². The number of carbonyl (C=O) groups excluding carboxylic acids is 1. The quantitative estimate of drug-likeness (QED) is 0.799. The second-order valence-corrected chi connectivity index (χ2v) is 6.67. The summed E-state index contributed by atoms with van der Waals surface area (Å²) in [5.41, 5.74) is 0.0897. The van der Waals surface area contributed by atoms with E-state index in [4.69, 9.17) is 0 Å². The van der Waals surface area contributed by atoms with Crippen LogP contribution in [0.1, 0.15) is 19.4 Å². The van der Waals surface area contributed by atoms with Crippen molar-refractivity contribution >= 4 is 15.8 Å². The van der Waals surface area contributed by atoms with Gasteiger partial charge in [0.2, 0.25) is 10.0 Å². The van der Waals surface area contributed by atoms with E-state index in [9.17, 15) is 13.2 Å². The van der Waals surface area contributed by atoms with Crippen molar-refractivity contribution in [3.8, 4) is 0 Å². The third-order valence-corrected chi connectivity index (χ3v) is 5.24. The van der Waals surface area contributed by atoms with E-state index in [1.807, 2.05) is 6.92 Å².